The maximum Gasteiger partial charge on any atom is 0.343 e. The molecule has 0 atom stereocenters. The van der Waals surface area contributed by atoms with E-state index in [-0.39, 0.29) is 11.7 Å². The van der Waals surface area contributed by atoms with Crippen LogP contribution in [0.4, 0.5) is 0 Å². The number of pyridine rings is 1. The van der Waals surface area contributed by atoms with Gasteiger partial charge >= 0.3 is 5.97 Å². The Hall–Kier alpha value is -4.20. The zero-order valence-corrected chi connectivity index (χ0v) is 16.4. The molecule has 0 saturated carbocycles. The van der Waals surface area contributed by atoms with E-state index in [0.717, 1.165) is 0 Å². The van der Waals surface area contributed by atoms with Crippen molar-refractivity contribution in [3.05, 3.63) is 83.7 Å². The van der Waals surface area contributed by atoms with Crippen LogP contribution in [0, 0.1) is 0 Å². The van der Waals surface area contributed by atoms with Crippen molar-refractivity contribution in [1.29, 1.82) is 0 Å². The highest BCUT2D eigenvalue weighted by Crippen LogP contribution is 2.28. The van der Waals surface area contributed by atoms with Crippen LogP contribution in [0.2, 0.25) is 0 Å². The summed E-state index contributed by atoms with van der Waals surface area (Å²) in [6.45, 7) is 0. The molecule has 8 nitrogen and oxygen atoms in total. The second-order valence-corrected chi connectivity index (χ2v) is 5.97. The molecule has 1 aromatic heterocycles. The number of hydrogen-bond acceptors (Lipinski definition) is 7. The van der Waals surface area contributed by atoms with Crippen LogP contribution in [0.15, 0.2) is 72.1 Å². The number of rotatable bonds is 7. The number of nitrogens with one attached hydrogen (secondary N) is 1. The average Bonchev–Trinajstić information content (AvgIpc) is 2.80. The van der Waals surface area contributed by atoms with Crippen LogP contribution < -0.4 is 19.6 Å². The first-order valence-corrected chi connectivity index (χ1v) is 8.88. The number of ether oxygens (including phenoxy) is 3. The highest BCUT2D eigenvalue weighted by molar-refractivity contribution is 5.94. The monoisotopic (exact) mass is 405 g/mol. The predicted molar refractivity (Wildman–Crippen MR) is 110 cm³/mol. The number of amides is 1. The van der Waals surface area contributed by atoms with Gasteiger partial charge in [0, 0.05) is 12.4 Å². The molecule has 0 unspecified atom stereocenters. The zero-order chi connectivity index (χ0) is 21.3. The van der Waals surface area contributed by atoms with E-state index in [1.165, 1.54) is 26.6 Å². The summed E-state index contributed by atoms with van der Waals surface area (Å²) < 4.78 is 15.9. The lowest BCUT2D eigenvalue weighted by Gasteiger charge is -2.10. The maximum absolute atomic E-state index is 12.4. The summed E-state index contributed by atoms with van der Waals surface area (Å²) in [4.78, 5) is 28.2. The van der Waals surface area contributed by atoms with Crippen LogP contribution >= 0.6 is 0 Å². The first kappa shape index (κ1) is 20.5. The molecular formula is C22H19N3O5. The van der Waals surface area contributed by atoms with Gasteiger partial charge in [0.2, 0.25) is 0 Å². The first-order valence-electron chi connectivity index (χ1n) is 8.88. The second kappa shape index (κ2) is 9.83. The predicted octanol–water partition coefficient (Wildman–Crippen LogP) is 3.08. The lowest BCUT2D eigenvalue weighted by molar-refractivity contribution is 0.0729. The van der Waals surface area contributed by atoms with E-state index in [4.69, 9.17) is 14.2 Å². The fraction of sp³-hybridized carbons (Fsp3) is 0.0909. The third kappa shape index (κ3) is 5.20. The summed E-state index contributed by atoms with van der Waals surface area (Å²) in [6.07, 6.45) is 4.47. The van der Waals surface area contributed by atoms with E-state index in [1.54, 1.807) is 60.8 Å². The van der Waals surface area contributed by atoms with E-state index < -0.39 is 5.97 Å². The SMILES string of the molecule is COc1cccc(C(=O)Oc2ccc(/C=N\NC(=O)c3cccnc3)cc2OC)c1. The zero-order valence-electron chi connectivity index (χ0n) is 16.4. The third-order valence-corrected chi connectivity index (χ3v) is 4.00. The molecule has 0 aliphatic heterocycles. The van der Waals surface area contributed by atoms with Gasteiger partial charge in [0.05, 0.1) is 31.6 Å². The summed E-state index contributed by atoms with van der Waals surface area (Å²) in [5.74, 6) is 0.222. The number of hydrogen-bond donors (Lipinski definition) is 1. The normalized spacial score (nSPS) is 10.5. The molecule has 3 rings (SSSR count). The first-order chi connectivity index (χ1) is 14.6. The topological polar surface area (TPSA) is 99.1 Å². The second-order valence-electron chi connectivity index (χ2n) is 5.97. The summed E-state index contributed by atoms with van der Waals surface area (Å²) in [5, 5.41) is 3.92. The molecule has 1 N–H and O–H groups in total. The number of aromatic nitrogens is 1. The van der Waals surface area contributed by atoms with Crippen molar-refractivity contribution in [3.63, 3.8) is 0 Å². The summed E-state index contributed by atoms with van der Waals surface area (Å²) >= 11 is 0. The highest BCUT2D eigenvalue weighted by Gasteiger charge is 2.13. The van der Waals surface area contributed by atoms with E-state index in [1.807, 2.05) is 0 Å². The Kier molecular flexibility index (Phi) is 6.73. The lowest BCUT2D eigenvalue weighted by atomic mass is 10.2. The molecule has 0 bridgehead atoms. The minimum Gasteiger partial charge on any atom is -0.497 e. The maximum atomic E-state index is 12.4. The minimum atomic E-state index is -0.544. The Morgan fingerprint density at radius 3 is 2.53 bits per heavy atom. The van der Waals surface area contributed by atoms with Crippen molar-refractivity contribution < 1.29 is 23.8 Å². The highest BCUT2D eigenvalue weighted by atomic mass is 16.6. The molecule has 8 heteroatoms. The van der Waals surface area contributed by atoms with Crippen molar-refractivity contribution >= 4 is 18.1 Å². The fourth-order valence-corrected chi connectivity index (χ4v) is 2.48. The molecule has 152 valence electrons. The third-order valence-electron chi connectivity index (χ3n) is 4.00. The minimum absolute atomic E-state index is 0.252. The van der Waals surface area contributed by atoms with Gasteiger partial charge in [-0.3, -0.25) is 9.78 Å². The number of methoxy groups -OCH3 is 2. The van der Waals surface area contributed by atoms with E-state index in [2.05, 4.69) is 15.5 Å². The molecular weight excluding hydrogens is 386 g/mol. The van der Waals surface area contributed by atoms with Crippen LogP contribution in [-0.4, -0.2) is 37.3 Å². The largest absolute Gasteiger partial charge is 0.497 e. The molecule has 0 fully saturated rings. The van der Waals surface area contributed by atoms with E-state index in [0.29, 0.717) is 28.2 Å². The van der Waals surface area contributed by atoms with Crippen molar-refractivity contribution in [1.82, 2.24) is 10.4 Å². The molecule has 0 radical (unpaired) electrons. The quantitative estimate of drug-likeness (QED) is 0.281. The average molecular weight is 405 g/mol. The van der Waals surface area contributed by atoms with Gasteiger partial charge in [-0.15, -0.1) is 0 Å². The summed E-state index contributed by atoms with van der Waals surface area (Å²) in [6, 6.07) is 14.8. The standard InChI is InChI=1S/C22H19N3O5/c1-28-18-7-3-5-16(12-18)22(27)30-19-9-8-15(11-20(19)29-2)13-24-25-21(26)17-6-4-10-23-14-17/h3-14H,1-2H3,(H,25,26)/b24-13-. The van der Waals surface area contributed by atoms with Gasteiger partial charge in [-0.05, 0) is 54.1 Å². The Morgan fingerprint density at radius 1 is 0.967 bits per heavy atom. The molecule has 0 spiro atoms. The van der Waals surface area contributed by atoms with Crippen molar-refractivity contribution in [3.8, 4) is 17.2 Å². The van der Waals surface area contributed by atoms with Crippen molar-refractivity contribution in [2.45, 2.75) is 0 Å². The van der Waals surface area contributed by atoms with Gasteiger partial charge in [0.15, 0.2) is 11.5 Å². The van der Waals surface area contributed by atoms with Gasteiger partial charge in [-0.2, -0.15) is 5.10 Å². The Labute approximate surface area is 173 Å². The summed E-state index contributed by atoms with van der Waals surface area (Å²) in [5.41, 5.74) is 3.80. The number of carbonyl (C=O) groups is 2. The number of benzene rings is 2. The fourth-order valence-electron chi connectivity index (χ4n) is 2.48. The van der Waals surface area contributed by atoms with Crippen LogP contribution in [0.3, 0.4) is 0 Å². The van der Waals surface area contributed by atoms with Crippen LogP contribution in [0.1, 0.15) is 26.3 Å². The van der Waals surface area contributed by atoms with Gasteiger partial charge in [-0.25, -0.2) is 10.2 Å². The molecule has 1 amide bonds. The molecule has 0 saturated heterocycles. The van der Waals surface area contributed by atoms with Gasteiger partial charge in [0.1, 0.15) is 5.75 Å². The molecule has 0 aliphatic carbocycles. The molecule has 30 heavy (non-hydrogen) atoms. The molecule has 2 aromatic carbocycles. The van der Waals surface area contributed by atoms with Crippen LogP contribution in [0.25, 0.3) is 0 Å². The van der Waals surface area contributed by atoms with Gasteiger partial charge in [0.25, 0.3) is 5.91 Å². The smallest absolute Gasteiger partial charge is 0.343 e. The number of carbonyl (C=O) groups excluding carboxylic acids is 2. The van der Waals surface area contributed by atoms with Gasteiger partial charge in [-0.1, -0.05) is 6.07 Å². The van der Waals surface area contributed by atoms with E-state index >= 15 is 0 Å². The molecule has 3 aromatic rings. The van der Waals surface area contributed by atoms with Crippen LogP contribution in [0.5, 0.6) is 17.2 Å². The Morgan fingerprint density at radius 2 is 1.80 bits per heavy atom. The number of esters is 1. The molecule has 0 aliphatic rings. The number of hydrazone groups is 1. The Bertz CT molecular complexity index is 1070. The summed E-state index contributed by atoms with van der Waals surface area (Å²) in [7, 11) is 2.98. The Balaban J connectivity index is 1.68. The lowest BCUT2D eigenvalue weighted by Crippen LogP contribution is -2.17. The van der Waals surface area contributed by atoms with E-state index in [9.17, 15) is 9.59 Å². The van der Waals surface area contributed by atoms with Gasteiger partial charge < -0.3 is 14.2 Å². The molecule has 1 heterocycles. The van der Waals surface area contributed by atoms with Crippen LogP contribution in [-0.2, 0) is 0 Å². The van der Waals surface area contributed by atoms with Crippen molar-refractivity contribution in [2.24, 2.45) is 5.10 Å². The van der Waals surface area contributed by atoms with Crippen molar-refractivity contribution in [2.75, 3.05) is 14.2 Å². The number of nitrogens with zero attached hydrogens (tertiary/aromatic N) is 2.